The van der Waals surface area contributed by atoms with Crippen molar-refractivity contribution in [2.45, 2.75) is 18.3 Å². The van der Waals surface area contributed by atoms with Crippen LogP contribution < -0.4 is 5.32 Å². The Balaban J connectivity index is 2.04. The molecule has 1 aliphatic heterocycles. The highest BCUT2D eigenvalue weighted by Gasteiger charge is 2.29. The SMILES string of the molecule is O=C(NC1CCS(=O)(=O)C1)c1cccc(CCl)c1. The van der Waals surface area contributed by atoms with Gasteiger partial charge in [0.25, 0.3) is 5.91 Å². The number of nitrogens with one attached hydrogen (secondary N) is 1. The summed E-state index contributed by atoms with van der Waals surface area (Å²) in [5.74, 6) is 0.288. The molecule has 0 spiro atoms. The Labute approximate surface area is 111 Å². The molecular weight excluding hydrogens is 274 g/mol. The van der Waals surface area contributed by atoms with Crippen LogP contribution in [0.15, 0.2) is 24.3 Å². The van der Waals surface area contributed by atoms with E-state index in [1.807, 2.05) is 6.07 Å². The summed E-state index contributed by atoms with van der Waals surface area (Å²) in [7, 11) is -2.97. The molecule has 18 heavy (non-hydrogen) atoms. The van der Waals surface area contributed by atoms with Crippen LogP contribution in [0.4, 0.5) is 0 Å². The van der Waals surface area contributed by atoms with Gasteiger partial charge >= 0.3 is 0 Å². The van der Waals surface area contributed by atoms with E-state index in [9.17, 15) is 13.2 Å². The summed E-state index contributed by atoms with van der Waals surface area (Å²) in [6, 6.07) is 6.73. The van der Waals surface area contributed by atoms with Crippen molar-refractivity contribution in [1.82, 2.24) is 5.32 Å². The van der Waals surface area contributed by atoms with Crippen molar-refractivity contribution in [3.63, 3.8) is 0 Å². The molecular formula is C12H14ClNO3S. The zero-order chi connectivity index (χ0) is 13.2. The third-order valence-corrected chi connectivity index (χ3v) is 4.99. The molecule has 0 bridgehead atoms. The van der Waals surface area contributed by atoms with Crippen LogP contribution in [0.3, 0.4) is 0 Å². The van der Waals surface area contributed by atoms with E-state index in [0.29, 0.717) is 17.9 Å². The summed E-state index contributed by atoms with van der Waals surface area (Å²) in [4.78, 5) is 11.9. The lowest BCUT2D eigenvalue weighted by Gasteiger charge is -2.11. The second-order valence-electron chi connectivity index (χ2n) is 4.41. The van der Waals surface area contributed by atoms with Gasteiger partial charge in [0.1, 0.15) is 0 Å². The van der Waals surface area contributed by atoms with Crippen LogP contribution in [0.25, 0.3) is 0 Å². The Morgan fingerprint density at radius 3 is 2.83 bits per heavy atom. The van der Waals surface area contributed by atoms with Gasteiger partial charge in [-0.1, -0.05) is 12.1 Å². The van der Waals surface area contributed by atoms with E-state index in [0.717, 1.165) is 5.56 Å². The van der Waals surface area contributed by atoms with Crippen LogP contribution >= 0.6 is 11.6 Å². The first-order chi connectivity index (χ1) is 8.50. The first-order valence-corrected chi connectivity index (χ1v) is 8.02. The molecule has 0 aliphatic carbocycles. The normalized spacial score (nSPS) is 21.7. The van der Waals surface area contributed by atoms with Crippen LogP contribution in [0.2, 0.25) is 0 Å². The van der Waals surface area contributed by atoms with Crippen LogP contribution in [0.1, 0.15) is 22.3 Å². The summed E-state index contributed by atoms with van der Waals surface area (Å²) in [5.41, 5.74) is 1.38. The van der Waals surface area contributed by atoms with Gasteiger partial charge in [0.15, 0.2) is 9.84 Å². The Morgan fingerprint density at radius 2 is 2.22 bits per heavy atom. The fraction of sp³-hybridized carbons (Fsp3) is 0.417. The van der Waals surface area contributed by atoms with Gasteiger partial charge in [0.05, 0.1) is 11.5 Å². The minimum atomic E-state index is -2.97. The summed E-state index contributed by atoms with van der Waals surface area (Å²) in [6.45, 7) is 0. The van der Waals surface area contributed by atoms with Gasteiger partial charge in [-0.3, -0.25) is 4.79 Å². The molecule has 1 aliphatic rings. The molecule has 0 radical (unpaired) electrons. The molecule has 1 aromatic carbocycles. The standard InChI is InChI=1S/C12H14ClNO3S/c13-7-9-2-1-3-10(6-9)12(15)14-11-4-5-18(16,17)8-11/h1-3,6,11H,4-5,7-8H2,(H,14,15). The van der Waals surface area contributed by atoms with E-state index in [2.05, 4.69) is 5.32 Å². The molecule has 1 heterocycles. The fourth-order valence-corrected chi connectivity index (χ4v) is 3.81. The van der Waals surface area contributed by atoms with E-state index >= 15 is 0 Å². The van der Waals surface area contributed by atoms with Crippen LogP contribution in [-0.2, 0) is 15.7 Å². The molecule has 1 amide bonds. The van der Waals surface area contributed by atoms with Crippen molar-refractivity contribution in [3.8, 4) is 0 Å². The average Bonchev–Trinajstić information content (AvgIpc) is 2.68. The zero-order valence-corrected chi connectivity index (χ0v) is 11.3. The molecule has 0 aromatic heterocycles. The highest BCUT2D eigenvalue weighted by Crippen LogP contribution is 2.13. The Bertz CT molecular complexity index is 556. The van der Waals surface area contributed by atoms with Crippen molar-refractivity contribution in [2.24, 2.45) is 0 Å². The molecule has 98 valence electrons. The number of sulfone groups is 1. The van der Waals surface area contributed by atoms with Crippen LogP contribution in [0, 0.1) is 0 Å². The monoisotopic (exact) mass is 287 g/mol. The minimum absolute atomic E-state index is 0.0357. The number of rotatable bonds is 3. The van der Waals surface area contributed by atoms with Crippen LogP contribution in [-0.4, -0.2) is 31.9 Å². The number of carbonyl (C=O) groups excluding carboxylic acids is 1. The van der Waals surface area contributed by atoms with Gasteiger partial charge in [0, 0.05) is 17.5 Å². The number of benzene rings is 1. The van der Waals surface area contributed by atoms with Crippen LogP contribution in [0.5, 0.6) is 0 Å². The molecule has 1 atom stereocenters. The number of carbonyl (C=O) groups is 1. The third kappa shape index (κ3) is 3.23. The Hall–Kier alpha value is -1.07. The molecule has 4 nitrogen and oxygen atoms in total. The van der Waals surface area contributed by atoms with Gasteiger partial charge in [-0.05, 0) is 24.1 Å². The molecule has 1 fully saturated rings. The first kappa shape index (κ1) is 13.4. The maximum Gasteiger partial charge on any atom is 0.251 e. The second kappa shape index (κ2) is 5.28. The van der Waals surface area contributed by atoms with Gasteiger partial charge < -0.3 is 5.32 Å². The summed E-state index contributed by atoms with van der Waals surface area (Å²) < 4.78 is 22.6. The maximum atomic E-state index is 11.9. The topological polar surface area (TPSA) is 63.2 Å². The number of alkyl halides is 1. The molecule has 1 N–H and O–H groups in total. The number of halogens is 1. The quantitative estimate of drug-likeness (QED) is 0.854. The third-order valence-electron chi connectivity index (χ3n) is 2.91. The van der Waals surface area contributed by atoms with Crippen molar-refractivity contribution < 1.29 is 13.2 Å². The molecule has 1 aromatic rings. The zero-order valence-electron chi connectivity index (χ0n) is 9.73. The van der Waals surface area contributed by atoms with Gasteiger partial charge in [-0.25, -0.2) is 8.42 Å². The number of hydrogen-bond donors (Lipinski definition) is 1. The molecule has 1 saturated heterocycles. The van der Waals surface area contributed by atoms with Gasteiger partial charge in [0.2, 0.25) is 0 Å². The average molecular weight is 288 g/mol. The molecule has 6 heteroatoms. The lowest BCUT2D eigenvalue weighted by atomic mass is 10.1. The second-order valence-corrected chi connectivity index (χ2v) is 6.90. The Kier molecular flexibility index (Phi) is 3.92. The largest absolute Gasteiger partial charge is 0.348 e. The van der Waals surface area contributed by atoms with Crippen molar-refractivity contribution >= 4 is 27.3 Å². The number of hydrogen-bond acceptors (Lipinski definition) is 3. The van der Waals surface area contributed by atoms with E-state index in [4.69, 9.17) is 11.6 Å². The molecule has 1 unspecified atom stereocenters. The smallest absolute Gasteiger partial charge is 0.251 e. The summed E-state index contributed by atoms with van der Waals surface area (Å²) >= 11 is 5.70. The fourth-order valence-electron chi connectivity index (χ4n) is 1.97. The van der Waals surface area contributed by atoms with Crippen molar-refractivity contribution in [1.29, 1.82) is 0 Å². The summed E-state index contributed by atoms with van der Waals surface area (Å²) in [6.07, 6.45) is 0.489. The first-order valence-electron chi connectivity index (χ1n) is 5.66. The Morgan fingerprint density at radius 1 is 1.44 bits per heavy atom. The van der Waals surface area contributed by atoms with Crippen molar-refractivity contribution in [2.75, 3.05) is 11.5 Å². The minimum Gasteiger partial charge on any atom is -0.348 e. The van der Waals surface area contributed by atoms with Crippen molar-refractivity contribution in [3.05, 3.63) is 35.4 Å². The predicted molar refractivity (Wildman–Crippen MR) is 70.5 cm³/mol. The number of amides is 1. The predicted octanol–water partition coefficient (Wildman–Crippen LogP) is 1.34. The van der Waals surface area contributed by atoms with E-state index in [1.54, 1.807) is 18.2 Å². The van der Waals surface area contributed by atoms with Gasteiger partial charge in [-0.2, -0.15) is 0 Å². The van der Waals surface area contributed by atoms with E-state index in [1.165, 1.54) is 0 Å². The lowest BCUT2D eigenvalue weighted by Crippen LogP contribution is -2.35. The van der Waals surface area contributed by atoms with Gasteiger partial charge in [-0.15, -0.1) is 11.6 Å². The summed E-state index contributed by atoms with van der Waals surface area (Å²) in [5, 5.41) is 2.74. The highest BCUT2D eigenvalue weighted by molar-refractivity contribution is 7.91. The van der Waals surface area contributed by atoms with E-state index in [-0.39, 0.29) is 23.5 Å². The lowest BCUT2D eigenvalue weighted by molar-refractivity contribution is 0.0941. The molecule has 2 rings (SSSR count). The van der Waals surface area contributed by atoms with E-state index < -0.39 is 9.84 Å². The maximum absolute atomic E-state index is 11.9. The highest BCUT2D eigenvalue weighted by atomic mass is 35.5. The molecule has 0 saturated carbocycles.